The number of rotatable bonds is 5. The zero-order chi connectivity index (χ0) is 13.5. The third kappa shape index (κ3) is 3.96. The first-order chi connectivity index (χ1) is 9.25. The zero-order valence-corrected chi connectivity index (χ0v) is 10.2. The van der Waals surface area contributed by atoms with Crippen LogP contribution in [0.4, 0.5) is 5.69 Å². The van der Waals surface area contributed by atoms with E-state index in [9.17, 15) is 4.79 Å². The van der Waals surface area contributed by atoms with Crippen molar-refractivity contribution >= 4 is 17.9 Å². The fourth-order valence-electron chi connectivity index (χ4n) is 1.48. The van der Waals surface area contributed by atoms with Gasteiger partial charge >= 0.3 is 5.97 Å². The Kier molecular flexibility index (Phi) is 4.29. The van der Waals surface area contributed by atoms with Crippen molar-refractivity contribution in [1.82, 2.24) is 0 Å². The standard InChI is InChI=1S/C15H13NO3/c17-15(18)12-6-8-14(9-7-12)19-11-10-16-13-4-2-1-3-5-13/h1-10H,11H2,(H,17,18). The van der Waals surface area contributed by atoms with E-state index in [4.69, 9.17) is 9.84 Å². The number of aromatic carboxylic acids is 1. The molecule has 2 rings (SSSR count). The molecule has 0 aliphatic rings. The minimum Gasteiger partial charge on any atom is -0.488 e. The van der Waals surface area contributed by atoms with E-state index in [0.717, 1.165) is 5.69 Å². The molecule has 0 saturated heterocycles. The van der Waals surface area contributed by atoms with Crippen LogP contribution in [0.15, 0.2) is 59.6 Å². The van der Waals surface area contributed by atoms with E-state index >= 15 is 0 Å². The normalized spacial score (nSPS) is 10.5. The summed E-state index contributed by atoms with van der Waals surface area (Å²) in [6.07, 6.45) is 1.67. The van der Waals surface area contributed by atoms with E-state index in [-0.39, 0.29) is 5.56 Å². The van der Waals surface area contributed by atoms with Crippen molar-refractivity contribution in [3.63, 3.8) is 0 Å². The quantitative estimate of drug-likeness (QED) is 0.835. The number of para-hydroxylation sites is 1. The number of carboxylic acid groups (broad SMARTS) is 1. The molecule has 96 valence electrons. The molecule has 0 spiro atoms. The fourth-order valence-corrected chi connectivity index (χ4v) is 1.48. The smallest absolute Gasteiger partial charge is 0.335 e. The van der Waals surface area contributed by atoms with Crippen LogP contribution in [-0.4, -0.2) is 23.9 Å². The average molecular weight is 255 g/mol. The van der Waals surface area contributed by atoms with Crippen molar-refractivity contribution in [1.29, 1.82) is 0 Å². The van der Waals surface area contributed by atoms with Crippen LogP contribution in [0.3, 0.4) is 0 Å². The number of aliphatic imine (C=N–C) groups is 1. The molecule has 2 aromatic carbocycles. The average Bonchev–Trinajstić information content (AvgIpc) is 2.45. The lowest BCUT2D eigenvalue weighted by atomic mass is 10.2. The van der Waals surface area contributed by atoms with Crippen LogP contribution in [0.1, 0.15) is 10.4 Å². The molecule has 0 aromatic heterocycles. The molecule has 0 saturated carbocycles. The van der Waals surface area contributed by atoms with Gasteiger partial charge in [-0.3, -0.25) is 4.99 Å². The third-order valence-electron chi connectivity index (χ3n) is 2.42. The van der Waals surface area contributed by atoms with Gasteiger partial charge in [0, 0.05) is 6.21 Å². The number of ether oxygens (including phenoxy) is 1. The lowest BCUT2D eigenvalue weighted by Gasteiger charge is -2.02. The molecule has 0 aliphatic carbocycles. The van der Waals surface area contributed by atoms with Gasteiger partial charge in [0.2, 0.25) is 0 Å². The Morgan fingerprint density at radius 2 is 1.79 bits per heavy atom. The zero-order valence-electron chi connectivity index (χ0n) is 10.2. The minimum atomic E-state index is -0.947. The SMILES string of the molecule is O=C(O)c1ccc(OCC=Nc2ccccc2)cc1. The van der Waals surface area contributed by atoms with E-state index in [1.807, 2.05) is 30.3 Å². The largest absolute Gasteiger partial charge is 0.488 e. The molecule has 0 bridgehead atoms. The minimum absolute atomic E-state index is 0.241. The van der Waals surface area contributed by atoms with Crippen molar-refractivity contribution in [2.75, 3.05) is 6.61 Å². The van der Waals surface area contributed by atoms with Gasteiger partial charge in [0.25, 0.3) is 0 Å². The molecule has 1 N–H and O–H groups in total. The highest BCUT2D eigenvalue weighted by molar-refractivity contribution is 5.87. The second kappa shape index (κ2) is 6.35. The van der Waals surface area contributed by atoms with Gasteiger partial charge in [-0.2, -0.15) is 0 Å². The highest BCUT2D eigenvalue weighted by atomic mass is 16.5. The Hall–Kier alpha value is -2.62. The Bertz CT molecular complexity index is 562. The molecule has 4 nitrogen and oxygen atoms in total. The summed E-state index contributed by atoms with van der Waals surface area (Å²) in [6, 6.07) is 15.8. The summed E-state index contributed by atoms with van der Waals surface area (Å²) < 4.78 is 5.42. The molecule has 0 fully saturated rings. The van der Waals surface area contributed by atoms with Gasteiger partial charge in [0.05, 0.1) is 11.3 Å². The molecule has 0 atom stereocenters. The molecule has 19 heavy (non-hydrogen) atoms. The van der Waals surface area contributed by atoms with Crippen molar-refractivity contribution in [3.8, 4) is 5.75 Å². The number of nitrogens with zero attached hydrogens (tertiary/aromatic N) is 1. The second-order valence-corrected chi connectivity index (χ2v) is 3.79. The van der Waals surface area contributed by atoms with Gasteiger partial charge in [-0.05, 0) is 36.4 Å². The molecule has 0 radical (unpaired) electrons. The summed E-state index contributed by atoms with van der Waals surface area (Å²) in [7, 11) is 0. The number of hydrogen-bond donors (Lipinski definition) is 1. The molecular weight excluding hydrogens is 242 g/mol. The highest BCUT2D eigenvalue weighted by Crippen LogP contribution is 2.12. The maximum Gasteiger partial charge on any atom is 0.335 e. The molecular formula is C15H13NO3. The molecule has 0 heterocycles. The van der Waals surface area contributed by atoms with Gasteiger partial charge in [-0.1, -0.05) is 18.2 Å². The summed E-state index contributed by atoms with van der Waals surface area (Å²) in [4.78, 5) is 14.9. The van der Waals surface area contributed by atoms with E-state index in [0.29, 0.717) is 12.4 Å². The maximum atomic E-state index is 10.7. The number of benzene rings is 2. The van der Waals surface area contributed by atoms with Crippen LogP contribution in [0.25, 0.3) is 0 Å². The molecule has 0 unspecified atom stereocenters. The first-order valence-corrected chi connectivity index (χ1v) is 5.79. The lowest BCUT2D eigenvalue weighted by Crippen LogP contribution is -1.99. The Labute approximate surface area is 111 Å². The van der Waals surface area contributed by atoms with Crippen molar-refractivity contribution in [2.24, 2.45) is 4.99 Å². The summed E-state index contributed by atoms with van der Waals surface area (Å²) >= 11 is 0. The highest BCUT2D eigenvalue weighted by Gasteiger charge is 2.01. The molecule has 0 aliphatic heterocycles. The Balaban J connectivity index is 1.86. The van der Waals surface area contributed by atoms with Crippen LogP contribution in [-0.2, 0) is 0 Å². The predicted molar refractivity (Wildman–Crippen MR) is 73.5 cm³/mol. The summed E-state index contributed by atoms with van der Waals surface area (Å²) in [6.45, 7) is 0.335. The number of carboxylic acids is 1. The van der Waals surface area contributed by atoms with Crippen LogP contribution in [0.2, 0.25) is 0 Å². The Morgan fingerprint density at radius 1 is 1.11 bits per heavy atom. The van der Waals surface area contributed by atoms with Crippen molar-refractivity contribution < 1.29 is 14.6 Å². The summed E-state index contributed by atoms with van der Waals surface area (Å²) in [5, 5.41) is 8.75. The number of hydrogen-bond acceptors (Lipinski definition) is 3. The van der Waals surface area contributed by atoms with Gasteiger partial charge in [-0.15, -0.1) is 0 Å². The second-order valence-electron chi connectivity index (χ2n) is 3.79. The van der Waals surface area contributed by atoms with Gasteiger partial charge in [0.15, 0.2) is 0 Å². The van der Waals surface area contributed by atoms with E-state index < -0.39 is 5.97 Å². The monoisotopic (exact) mass is 255 g/mol. The van der Waals surface area contributed by atoms with Gasteiger partial charge < -0.3 is 9.84 Å². The topological polar surface area (TPSA) is 58.9 Å². The summed E-state index contributed by atoms with van der Waals surface area (Å²) in [5.74, 6) is -0.332. The maximum absolute atomic E-state index is 10.7. The molecule has 4 heteroatoms. The number of carbonyl (C=O) groups is 1. The third-order valence-corrected chi connectivity index (χ3v) is 2.42. The van der Waals surface area contributed by atoms with Crippen molar-refractivity contribution in [3.05, 3.63) is 60.2 Å². The van der Waals surface area contributed by atoms with E-state index in [2.05, 4.69) is 4.99 Å². The fraction of sp³-hybridized carbons (Fsp3) is 0.0667. The van der Waals surface area contributed by atoms with Gasteiger partial charge in [-0.25, -0.2) is 4.79 Å². The lowest BCUT2D eigenvalue weighted by molar-refractivity contribution is 0.0697. The van der Waals surface area contributed by atoms with Crippen LogP contribution in [0.5, 0.6) is 5.75 Å². The molecule has 0 amide bonds. The van der Waals surface area contributed by atoms with Gasteiger partial charge in [0.1, 0.15) is 12.4 Å². The first kappa shape index (κ1) is 12.8. The van der Waals surface area contributed by atoms with Crippen LogP contribution in [0, 0.1) is 0 Å². The summed E-state index contributed by atoms with van der Waals surface area (Å²) in [5.41, 5.74) is 1.11. The predicted octanol–water partition coefficient (Wildman–Crippen LogP) is 3.17. The van der Waals surface area contributed by atoms with E-state index in [1.165, 1.54) is 12.1 Å². The van der Waals surface area contributed by atoms with E-state index in [1.54, 1.807) is 18.3 Å². The molecule has 2 aromatic rings. The van der Waals surface area contributed by atoms with Crippen LogP contribution < -0.4 is 4.74 Å². The first-order valence-electron chi connectivity index (χ1n) is 5.79. The van der Waals surface area contributed by atoms with Crippen molar-refractivity contribution in [2.45, 2.75) is 0 Å². The van der Waals surface area contributed by atoms with Crippen LogP contribution >= 0.6 is 0 Å². The Morgan fingerprint density at radius 3 is 2.42 bits per heavy atom.